The van der Waals surface area contributed by atoms with Crippen molar-refractivity contribution in [1.82, 2.24) is 25.2 Å². The normalized spacial score (nSPS) is 16.7. The molecule has 2 aromatic carbocycles. The van der Waals surface area contributed by atoms with Gasteiger partial charge in [0, 0.05) is 52.9 Å². The van der Waals surface area contributed by atoms with Gasteiger partial charge in [-0.1, -0.05) is 60.7 Å². The molecule has 2 fully saturated rings. The molecule has 0 saturated carbocycles. The smallest absolute Gasteiger partial charge is 0.302 e. The summed E-state index contributed by atoms with van der Waals surface area (Å²) in [6, 6.07) is 16.0. The first-order valence-corrected chi connectivity index (χ1v) is 21.0. The molecule has 57 heavy (non-hydrogen) atoms. The second kappa shape index (κ2) is 22.5. The number of hydrogen-bond acceptors (Lipinski definition) is 10. The number of guanidine groups is 1. The van der Waals surface area contributed by atoms with Crippen molar-refractivity contribution >= 4 is 51.6 Å². The van der Waals surface area contributed by atoms with E-state index in [1.54, 1.807) is 35.2 Å². The molecule has 4 amide bonds. The third-order valence-corrected chi connectivity index (χ3v) is 11.0. The van der Waals surface area contributed by atoms with Crippen molar-refractivity contribution in [1.29, 1.82) is 0 Å². The van der Waals surface area contributed by atoms with Crippen LogP contribution in [0, 0.1) is 5.92 Å². The van der Waals surface area contributed by atoms with Crippen molar-refractivity contribution in [2.45, 2.75) is 89.5 Å². The number of amides is 4. The summed E-state index contributed by atoms with van der Waals surface area (Å²) >= 11 is 0. The van der Waals surface area contributed by atoms with Crippen LogP contribution in [0.2, 0.25) is 0 Å². The van der Waals surface area contributed by atoms with Gasteiger partial charge in [0.2, 0.25) is 39.6 Å². The fourth-order valence-electron chi connectivity index (χ4n) is 6.72. The quantitative estimate of drug-likeness (QED) is 0.0861. The number of esters is 2. The lowest BCUT2D eigenvalue weighted by Crippen LogP contribution is -2.54. The number of carbonyl (C=O) groups is 6. The van der Waals surface area contributed by atoms with Crippen LogP contribution in [-0.4, -0.2) is 111 Å². The number of likely N-dealkylation sites (tertiary alicyclic amines) is 2. The van der Waals surface area contributed by atoms with E-state index in [9.17, 15) is 37.2 Å². The van der Waals surface area contributed by atoms with Gasteiger partial charge in [0.15, 0.2) is 0 Å². The number of ether oxygens (including phenoxy) is 2. The van der Waals surface area contributed by atoms with E-state index < -0.39 is 51.8 Å². The van der Waals surface area contributed by atoms with E-state index in [4.69, 9.17) is 9.47 Å². The molecule has 310 valence electrons. The predicted octanol–water partition coefficient (Wildman–Crippen LogP) is 2.22. The lowest BCUT2D eigenvalue weighted by atomic mass is 9.96. The van der Waals surface area contributed by atoms with Gasteiger partial charge in [-0.05, 0) is 62.0 Å². The molecule has 2 atom stereocenters. The Labute approximate surface area is 334 Å². The Morgan fingerprint density at radius 2 is 1.40 bits per heavy atom. The summed E-state index contributed by atoms with van der Waals surface area (Å²) in [5.74, 6) is -2.67. The fraction of sp³-hybridized carbons (Fsp3) is 0.525. The Bertz CT molecular complexity index is 1820. The largest absolute Gasteiger partial charge is 0.466 e. The number of rotatable bonds is 18. The van der Waals surface area contributed by atoms with Crippen LogP contribution in [0.1, 0.15) is 76.3 Å². The molecule has 2 aliphatic heterocycles. The number of hydrogen-bond donors (Lipinski definition) is 3. The molecule has 0 unspecified atom stereocenters. The molecular weight excluding hydrogens is 757 g/mol. The minimum absolute atomic E-state index is 0.00878. The molecule has 0 aliphatic carbocycles. The lowest BCUT2D eigenvalue weighted by molar-refractivity contribution is -0.142. The molecule has 2 heterocycles. The van der Waals surface area contributed by atoms with Crippen LogP contribution in [0.25, 0.3) is 0 Å². The number of sulfonamides is 1. The van der Waals surface area contributed by atoms with E-state index in [1.165, 1.54) is 18.7 Å². The number of nitrogens with zero attached hydrogens (tertiary/aromatic N) is 3. The first-order chi connectivity index (χ1) is 27.3. The standard InChI is InChI=1S/C40H54N6O10S/c1-29(47)55-24-10-17-36(49)42-40(43-37(50)18-11-25-56-30(2)48)45-22-19-32(20-23-45)27-41-38(51)35-16-9-21-46(35)39(52)34(26-31-12-5-3-6-13-31)44-57(53,54)28-33-14-7-4-8-15-33/h3-8,12-15,32,34-35,44H,9-11,16-28H2,1-2H3,(H,41,51)(H,42,43,49,50)/t34-,35+/m1/s1. The first-order valence-electron chi connectivity index (χ1n) is 19.4. The Kier molecular flexibility index (Phi) is 17.6. The van der Waals surface area contributed by atoms with Crippen LogP contribution in [-0.2, 0) is 60.4 Å². The molecule has 16 nitrogen and oxygen atoms in total. The second-order valence-electron chi connectivity index (χ2n) is 14.2. The molecule has 0 aromatic heterocycles. The van der Waals surface area contributed by atoms with Gasteiger partial charge in [0.1, 0.15) is 12.1 Å². The number of nitrogens with one attached hydrogen (secondary N) is 3. The van der Waals surface area contributed by atoms with E-state index in [2.05, 4.69) is 20.3 Å². The van der Waals surface area contributed by atoms with E-state index >= 15 is 0 Å². The zero-order valence-corrected chi connectivity index (χ0v) is 33.5. The molecule has 2 saturated heterocycles. The zero-order valence-electron chi connectivity index (χ0n) is 32.7. The topological polar surface area (TPSA) is 210 Å². The van der Waals surface area contributed by atoms with E-state index in [1.807, 2.05) is 30.3 Å². The molecule has 3 N–H and O–H groups in total. The van der Waals surface area contributed by atoms with Gasteiger partial charge >= 0.3 is 11.9 Å². The van der Waals surface area contributed by atoms with Crippen LogP contribution >= 0.6 is 0 Å². The maximum absolute atomic E-state index is 14.1. The summed E-state index contributed by atoms with van der Waals surface area (Å²) < 4.78 is 39.0. The maximum Gasteiger partial charge on any atom is 0.302 e. The molecule has 2 aromatic rings. The number of piperidine rings is 1. The van der Waals surface area contributed by atoms with Crippen molar-refractivity contribution in [2.75, 3.05) is 39.4 Å². The van der Waals surface area contributed by atoms with Crippen LogP contribution in [0.5, 0.6) is 0 Å². The minimum Gasteiger partial charge on any atom is -0.466 e. The van der Waals surface area contributed by atoms with Gasteiger partial charge in [0.05, 0.1) is 19.0 Å². The average molecular weight is 811 g/mol. The monoisotopic (exact) mass is 810 g/mol. The van der Waals surface area contributed by atoms with Gasteiger partial charge in [-0.2, -0.15) is 4.99 Å². The molecular formula is C40H54N6O10S. The van der Waals surface area contributed by atoms with Gasteiger partial charge in [0.25, 0.3) is 0 Å². The molecule has 0 bridgehead atoms. The van der Waals surface area contributed by atoms with Gasteiger partial charge < -0.3 is 24.6 Å². The van der Waals surface area contributed by atoms with Crippen LogP contribution in [0.15, 0.2) is 65.7 Å². The van der Waals surface area contributed by atoms with E-state index in [0.29, 0.717) is 63.8 Å². The lowest BCUT2D eigenvalue weighted by Gasteiger charge is -2.34. The highest BCUT2D eigenvalue weighted by Crippen LogP contribution is 2.22. The van der Waals surface area contributed by atoms with Crippen LogP contribution in [0.4, 0.5) is 0 Å². The molecule has 17 heteroatoms. The summed E-state index contributed by atoms with van der Waals surface area (Å²) in [4.78, 5) is 82.7. The van der Waals surface area contributed by atoms with Crippen LogP contribution < -0.4 is 15.4 Å². The Morgan fingerprint density at radius 3 is 2.02 bits per heavy atom. The highest BCUT2D eigenvalue weighted by atomic mass is 32.2. The van der Waals surface area contributed by atoms with E-state index in [-0.39, 0.29) is 62.4 Å². The summed E-state index contributed by atoms with van der Waals surface area (Å²) in [6.45, 7) is 4.24. The van der Waals surface area contributed by atoms with Crippen molar-refractivity contribution < 1.29 is 46.7 Å². The SMILES string of the molecule is CC(=O)OCCCC(=O)N=C(NC(=O)CCCOC(C)=O)N1CCC(CNC(=O)[C@@H]2CCCN2C(=O)[C@@H](Cc2ccccc2)NS(=O)(=O)Cc2ccccc2)CC1. The van der Waals surface area contributed by atoms with Gasteiger partial charge in [-0.25, -0.2) is 13.1 Å². The van der Waals surface area contributed by atoms with E-state index in [0.717, 1.165) is 5.56 Å². The summed E-state index contributed by atoms with van der Waals surface area (Å²) in [5.41, 5.74) is 1.36. The Balaban J connectivity index is 1.34. The number of benzene rings is 2. The molecule has 0 radical (unpaired) electrons. The minimum atomic E-state index is -3.92. The first kappa shape index (κ1) is 44.6. The van der Waals surface area contributed by atoms with Gasteiger partial charge in [-0.3, -0.25) is 34.1 Å². The summed E-state index contributed by atoms with van der Waals surface area (Å²) in [7, 11) is -3.92. The fourth-order valence-corrected chi connectivity index (χ4v) is 8.06. The van der Waals surface area contributed by atoms with Crippen molar-refractivity contribution in [3.63, 3.8) is 0 Å². The highest BCUT2D eigenvalue weighted by molar-refractivity contribution is 7.88. The molecule has 2 aliphatic rings. The second-order valence-corrected chi connectivity index (χ2v) is 16.0. The number of carbonyl (C=O) groups excluding carboxylic acids is 6. The number of aliphatic imine (C=N–C) groups is 1. The predicted molar refractivity (Wildman–Crippen MR) is 210 cm³/mol. The average Bonchev–Trinajstić information content (AvgIpc) is 3.67. The third kappa shape index (κ3) is 15.7. The van der Waals surface area contributed by atoms with Crippen LogP contribution in [0.3, 0.4) is 0 Å². The van der Waals surface area contributed by atoms with Crippen molar-refractivity contribution in [3.05, 3.63) is 71.8 Å². The Hall–Kier alpha value is -5.16. The van der Waals surface area contributed by atoms with Crippen molar-refractivity contribution in [2.24, 2.45) is 10.9 Å². The Morgan fingerprint density at radius 1 is 0.807 bits per heavy atom. The highest BCUT2D eigenvalue weighted by Gasteiger charge is 2.39. The summed E-state index contributed by atoms with van der Waals surface area (Å²) in [5, 5.41) is 5.74. The van der Waals surface area contributed by atoms with Crippen molar-refractivity contribution in [3.8, 4) is 0 Å². The maximum atomic E-state index is 14.1. The molecule has 0 spiro atoms. The molecule has 4 rings (SSSR count). The summed E-state index contributed by atoms with van der Waals surface area (Å²) in [6.07, 6.45) is 2.99. The third-order valence-electron chi connectivity index (χ3n) is 9.60. The van der Waals surface area contributed by atoms with Gasteiger partial charge in [-0.15, -0.1) is 0 Å². The zero-order chi connectivity index (χ0) is 41.2.